The van der Waals surface area contributed by atoms with E-state index < -0.39 is 35.8 Å². The third kappa shape index (κ3) is 4.14. The van der Waals surface area contributed by atoms with E-state index in [1.54, 1.807) is 0 Å². The quantitative estimate of drug-likeness (QED) is 0.571. The number of hydrogen-bond acceptors (Lipinski definition) is 7. The molecule has 1 aliphatic rings. The zero-order valence-corrected chi connectivity index (χ0v) is 14.8. The molecule has 0 bridgehead atoms. The molecule has 30 heavy (non-hydrogen) atoms. The SMILES string of the molecule is Fc1cc(OC(F)(F)F)ccc1C1(Nc2ncc(-c3nnc(C(F)F)o3)cn2)CC1. The summed E-state index contributed by atoms with van der Waals surface area (Å²) in [6.45, 7) is 0. The fraction of sp³-hybridized carbons (Fsp3) is 0.294. The maximum Gasteiger partial charge on any atom is 0.573 e. The zero-order valence-electron chi connectivity index (χ0n) is 14.8. The molecule has 158 valence electrons. The third-order valence-electron chi connectivity index (χ3n) is 4.32. The van der Waals surface area contributed by atoms with E-state index in [4.69, 9.17) is 4.42 Å². The van der Waals surface area contributed by atoms with E-state index >= 15 is 0 Å². The predicted octanol–water partition coefficient (Wildman–Crippen LogP) is 4.60. The topological polar surface area (TPSA) is 86.0 Å². The molecule has 0 radical (unpaired) electrons. The van der Waals surface area contributed by atoms with E-state index in [9.17, 15) is 26.3 Å². The smallest absolute Gasteiger partial charge is 0.415 e. The molecular formula is C17H11F6N5O2. The number of anilines is 1. The van der Waals surface area contributed by atoms with Crippen LogP contribution in [-0.4, -0.2) is 26.5 Å². The van der Waals surface area contributed by atoms with Crippen LogP contribution in [0.2, 0.25) is 0 Å². The van der Waals surface area contributed by atoms with E-state index in [0.717, 1.165) is 6.07 Å². The predicted molar refractivity (Wildman–Crippen MR) is 87.9 cm³/mol. The van der Waals surface area contributed by atoms with Crippen molar-refractivity contribution in [2.24, 2.45) is 0 Å². The van der Waals surface area contributed by atoms with Gasteiger partial charge in [-0.15, -0.1) is 23.4 Å². The number of halogens is 6. The Morgan fingerprint density at radius 1 is 1.10 bits per heavy atom. The van der Waals surface area contributed by atoms with Gasteiger partial charge in [0.1, 0.15) is 11.6 Å². The molecule has 1 saturated carbocycles. The van der Waals surface area contributed by atoms with Gasteiger partial charge in [0.25, 0.3) is 11.8 Å². The van der Waals surface area contributed by atoms with Crippen LogP contribution in [0.15, 0.2) is 35.0 Å². The van der Waals surface area contributed by atoms with Crippen molar-refractivity contribution in [2.45, 2.75) is 31.2 Å². The first-order valence-corrected chi connectivity index (χ1v) is 8.43. The molecule has 0 spiro atoms. The number of hydrogen-bond donors (Lipinski definition) is 1. The van der Waals surface area contributed by atoms with Gasteiger partial charge in [0.2, 0.25) is 5.95 Å². The Morgan fingerprint density at radius 2 is 1.80 bits per heavy atom. The minimum absolute atomic E-state index is 0.0971. The molecule has 0 atom stereocenters. The van der Waals surface area contributed by atoms with Gasteiger partial charge >= 0.3 is 12.8 Å². The highest BCUT2D eigenvalue weighted by Crippen LogP contribution is 2.49. The molecule has 0 saturated heterocycles. The molecule has 1 N–H and O–H groups in total. The van der Waals surface area contributed by atoms with Crippen molar-refractivity contribution >= 4 is 5.95 Å². The number of rotatable bonds is 6. The van der Waals surface area contributed by atoms with Crippen LogP contribution in [-0.2, 0) is 5.54 Å². The molecular weight excluding hydrogens is 420 g/mol. The number of alkyl halides is 5. The lowest BCUT2D eigenvalue weighted by Gasteiger charge is -2.19. The van der Waals surface area contributed by atoms with Gasteiger partial charge in [0.15, 0.2) is 0 Å². The van der Waals surface area contributed by atoms with E-state index in [1.807, 2.05) is 0 Å². The van der Waals surface area contributed by atoms with Crippen LogP contribution >= 0.6 is 0 Å². The highest BCUT2D eigenvalue weighted by Gasteiger charge is 2.47. The second-order valence-corrected chi connectivity index (χ2v) is 6.44. The molecule has 2 aromatic heterocycles. The van der Waals surface area contributed by atoms with Gasteiger partial charge in [-0.25, -0.2) is 14.4 Å². The minimum Gasteiger partial charge on any atom is -0.415 e. The number of nitrogens with one attached hydrogen (secondary N) is 1. The Kier molecular flexibility index (Phi) is 4.74. The van der Waals surface area contributed by atoms with Crippen LogP contribution < -0.4 is 10.1 Å². The van der Waals surface area contributed by atoms with Gasteiger partial charge in [0.05, 0.1) is 11.1 Å². The summed E-state index contributed by atoms with van der Waals surface area (Å²) in [7, 11) is 0. The summed E-state index contributed by atoms with van der Waals surface area (Å²) in [6.07, 6.45) is -4.33. The molecule has 4 rings (SSSR count). The molecule has 7 nitrogen and oxygen atoms in total. The maximum atomic E-state index is 14.4. The number of benzene rings is 1. The van der Waals surface area contributed by atoms with Crippen molar-refractivity contribution in [3.63, 3.8) is 0 Å². The molecule has 3 aromatic rings. The molecule has 0 aliphatic heterocycles. The van der Waals surface area contributed by atoms with E-state index in [2.05, 4.69) is 30.2 Å². The van der Waals surface area contributed by atoms with E-state index in [0.29, 0.717) is 18.9 Å². The lowest BCUT2D eigenvalue weighted by molar-refractivity contribution is -0.274. The zero-order chi connectivity index (χ0) is 21.5. The van der Waals surface area contributed by atoms with Crippen LogP contribution in [0.4, 0.5) is 32.3 Å². The van der Waals surface area contributed by atoms with Gasteiger partial charge in [-0.1, -0.05) is 6.07 Å². The van der Waals surface area contributed by atoms with Crippen molar-refractivity contribution in [3.8, 4) is 17.2 Å². The molecule has 1 aromatic carbocycles. The van der Waals surface area contributed by atoms with Crippen LogP contribution in [0.25, 0.3) is 11.5 Å². The molecule has 13 heteroatoms. The van der Waals surface area contributed by atoms with Gasteiger partial charge < -0.3 is 14.5 Å². The second kappa shape index (κ2) is 7.15. The van der Waals surface area contributed by atoms with Gasteiger partial charge in [0, 0.05) is 24.0 Å². The highest BCUT2D eigenvalue weighted by atomic mass is 19.4. The summed E-state index contributed by atoms with van der Waals surface area (Å²) in [5, 5.41) is 9.63. The fourth-order valence-corrected chi connectivity index (χ4v) is 2.82. The monoisotopic (exact) mass is 431 g/mol. The summed E-state index contributed by atoms with van der Waals surface area (Å²) < 4.78 is 84.8. The summed E-state index contributed by atoms with van der Waals surface area (Å²) in [5.41, 5.74) is -0.539. The number of ether oxygens (including phenoxy) is 1. The van der Waals surface area contributed by atoms with Crippen LogP contribution in [0, 0.1) is 5.82 Å². The second-order valence-electron chi connectivity index (χ2n) is 6.44. The Balaban J connectivity index is 1.50. The van der Waals surface area contributed by atoms with Gasteiger partial charge in [-0.2, -0.15) is 8.78 Å². The molecule has 1 fully saturated rings. The van der Waals surface area contributed by atoms with Crippen molar-refractivity contribution in [1.82, 2.24) is 20.2 Å². The normalized spacial score (nSPS) is 15.3. The summed E-state index contributed by atoms with van der Waals surface area (Å²) in [5.74, 6) is -2.46. The number of nitrogens with zero attached hydrogens (tertiary/aromatic N) is 4. The summed E-state index contributed by atoms with van der Waals surface area (Å²) >= 11 is 0. The average Bonchev–Trinajstić information content (AvgIpc) is 3.25. The largest absolute Gasteiger partial charge is 0.573 e. The van der Waals surface area contributed by atoms with Crippen molar-refractivity contribution < 1.29 is 35.5 Å². The van der Waals surface area contributed by atoms with Gasteiger partial charge in [-0.3, -0.25) is 0 Å². The van der Waals surface area contributed by atoms with Crippen molar-refractivity contribution in [1.29, 1.82) is 0 Å². The average molecular weight is 431 g/mol. The summed E-state index contributed by atoms with van der Waals surface area (Å²) in [6, 6.07) is 2.88. The van der Waals surface area contributed by atoms with Crippen molar-refractivity contribution in [3.05, 3.63) is 47.9 Å². The molecule has 0 unspecified atom stereocenters. The maximum absolute atomic E-state index is 14.4. The highest BCUT2D eigenvalue weighted by molar-refractivity contribution is 5.51. The van der Waals surface area contributed by atoms with Gasteiger partial charge in [-0.05, 0) is 18.9 Å². The first-order chi connectivity index (χ1) is 14.2. The standard InChI is InChI=1S/C17H11F6N5O2/c18-11-5-9(30-17(21,22)23)1-2-10(11)16(3-4-16)26-15-24-6-8(7-25-15)13-27-28-14(29-13)12(19)20/h1-2,5-7,12H,3-4H2,(H,24,25,26). The summed E-state index contributed by atoms with van der Waals surface area (Å²) in [4.78, 5) is 8.04. The molecule has 1 aliphatic carbocycles. The minimum atomic E-state index is -4.92. The van der Waals surface area contributed by atoms with Crippen LogP contribution in [0.3, 0.4) is 0 Å². The lowest BCUT2D eigenvalue weighted by atomic mass is 10.0. The first-order valence-electron chi connectivity index (χ1n) is 8.43. The van der Waals surface area contributed by atoms with Crippen LogP contribution in [0.5, 0.6) is 5.75 Å². The Bertz CT molecular complexity index is 1050. The molecule has 0 amide bonds. The van der Waals surface area contributed by atoms with Crippen LogP contribution in [0.1, 0.15) is 30.7 Å². The first kappa shape index (κ1) is 19.9. The lowest BCUT2D eigenvalue weighted by Crippen LogP contribution is -2.22. The molecule has 2 heterocycles. The third-order valence-corrected chi connectivity index (χ3v) is 4.32. The van der Waals surface area contributed by atoms with E-state index in [-0.39, 0.29) is 23.0 Å². The fourth-order valence-electron chi connectivity index (χ4n) is 2.82. The van der Waals surface area contributed by atoms with E-state index in [1.165, 1.54) is 18.5 Å². The number of aromatic nitrogens is 4. The van der Waals surface area contributed by atoms with Crippen molar-refractivity contribution in [2.75, 3.05) is 5.32 Å². The Morgan fingerprint density at radius 3 is 2.33 bits per heavy atom. The Hall–Kier alpha value is -3.38. The Labute approximate surface area is 164 Å².